The molecule has 0 aliphatic rings. The van der Waals surface area contributed by atoms with Crippen molar-refractivity contribution in [1.82, 2.24) is 20.1 Å². The maximum atomic E-state index is 12.4. The molecule has 7 nitrogen and oxygen atoms in total. The van der Waals surface area contributed by atoms with Crippen molar-refractivity contribution in [3.05, 3.63) is 42.5 Å². The van der Waals surface area contributed by atoms with Crippen molar-refractivity contribution in [2.24, 2.45) is 0 Å². The molecule has 0 atom stereocenters. The highest BCUT2D eigenvalue weighted by molar-refractivity contribution is 5.95. The number of nitrogens with one attached hydrogen (secondary N) is 1. The summed E-state index contributed by atoms with van der Waals surface area (Å²) < 4.78 is 1.73. The average Bonchev–Trinajstić information content (AvgIpc) is 3.08. The Bertz CT molecular complexity index is 661. The first-order valence-electron chi connectivity index (χ1n) is 7.49. The molecule has 0 aliphatic carbocycles. The second-order valence-electron chi connectivity index (χ2n) is 5.43. The van der Waals surface area contributed by atoms with Crippen LogP contribution < -0.4 is 5.32 Å². The molecule has 7 heteroatoms. The van der Waals surface area contributed by atoms with Gasteiger partial charge in [-0.3, -0.25) is 14.2 Å². The van der Waals surface area contributed by atoms with E-state index in [1.807, 2.05) is 13.8 Å². The Kier molecular flexibility index (Phi) is 5.10. The van der Waals surface area contributed by atoms with E-state index in [1.165, 1.54) is 0 Å². The molecule has 0 bridgehead atoms. The second-order valence-corrected chi connectivity index (χ2v) is 5.43. The minimum Gasteiger partial charge on any atom is -0.481 e. The number of hydrogen-bond donors (Lipinski definition) is 2. The number of hydrogen-bond acceptors (Lipinski definition) is 4. The Morgan fingerprint density at radius 1 is 1.13 bits per heavy atom. The summed E-state index contributed by atoms with van der Waals surface area (Å²) in [5.41, 5.74) is 0.600. The molecule has 0 radical (unpaired) electrons. The lowest BCUT2D eigenvalue weighted by Crippen LogP contribution is -2.49. The Morgan fingerprint density at radius 3 is 2.17 bits per heavy atom. The molecule has 1 heterocycles. The first-order chi connectivity index (χ1) is 11.0. The van der Waals surface area contributed by atoms with Crippen molar-refractivity contribution >= 4 is 11.9 Å². The van der Waals surface area contributed by atoms with Crippen LogP contribution in [0, 0.1) is 0 Å². The van der Waals surface area contributed by atoms with Crippen LogP contribution in [0.3, 0.4) is 0 Å². The standard InChI is InChI=1S/C16H20N4O3/c1-3-16(4-2,9-14(21)22)19-15(23)12-5-7-13(8-6-12)20-10-17-18-11-20/h5-8,10-11H,3-4,9H2,1-2H3,(H,19,23)(H,21,22). The van der Waals surface area contributed by atoms with Gasteiger partial charge in [0.05, 0.1) is 12.0 Å². The number of carbonyl (C=O) groups excluding carboxylic acids is 1. The minimum absolute atomic E-state index is 0.0927. The van der Waals surface area contributed by atoms with Crippen LogP contribution in [0.5, 0.6) is 0 Å². The minimum atomic E-state index is -0.919. The van der Waals surface area contributed by atoms with Crippen molar-refractivity contribution in [1.29, 1.82) is 0 Å². The number of benzene rings is 1. The van der Waals surface area contributed by atoms with Crippen LogP contribution in [0.1, 0.15) is 43.5 Å². The molecule has 2 N–H and O–H groups in total. The molecule has 0 aliphatic heterocycles. The van der Waals surface area contributed by atoms with E-state index in [4.69, 9.17) is 5.11 Å². The molecule has 0 saturated carbocycles. The number of aliphatic carboxylic acids is 1. The lowest BCUT2D eigenvalue weighted by atomic mass is 9.88. The van der Waals surface area contributed by atoms with Gasteiger partial charge in [-0.05, 0) is 37.1 Å². The molecule has 1 aromatic heterocycles. The highest BCUT2D eigenvalue weighted by atomic mass is 16.4. The summed E-state index contributed by atoms with van der Waals surface area (Å²) in [7, 11) is 0. The third-order valence-corrected chi connectivity index (χ3v) is 4.07. The van der Waals surface area contributed by atoms with Gasteiger partial charge in [0.1, 0.15) is 12.7 Å². The van der Waals surface area contributed by atoms with Gasteiger partial charge in [-0.15, -0.1) is 10.2 Å². The summed E-state index contributed by atoms with van der Waals surface area (Å²) in [6.45, 7) is 3.75. The van der Waals surface area contributed by atoms with E-state index < -0.39 is 11.5 Å². The second kappa shape index (κ2) is 7.04. The van der Waals surface area contributed by atoms with E-state index in [-0.39, 0.29) is 12.3 Å². The molecule has 0 saturated heterocycles. The predicted molar refractivity (Wildman–Crippen MR) is 84.4 cm³/mol. The molecule has 2 rings (SSSR count). The zero-order valence-electron chi connectivity index (χ0n) is 13.2. The van der Waals surface area contributed by atoms with Gasteiger partial charge in [0, 0.05) is 11.3 Å². The van der Waals surface area contributed by atoms with Gasteiger partial charge in [0.2, 0.25) is 0 Å². The topological polar surface area (TPSA) is 97.1 Å². The monoisotopic (exact) mass is 316 g/mol. The number of carboxylic acids is 1. The number of carbonyl (C=O) groups is 2. The van der Waals surface area contributed by atoms with Crippen molar-refractivity contribution in [3.63, 3.8) is 0 Å². The van der Waals surface area contributed by atoms with E-state index >= 15 is 0 Å². The lowest BCUT2D eigenvalue weighted by molar-refractivity contribution is -0.138. The Morgan fingerprint density at radius 2 is 1.70 bits per heavy atom. The fourth-order valence-corrected chi connectivity index (χ4v) is 2.44. The summed E-state index contributed by atoms with van der Waals surface area (Å²) in [6.07, 6.45) is 4.16. The van der Waals surface area contributed by atoms with Crippen LogP contribution in [-0.4, -0.2) is 37.3 Å². The molecule has 0 spiro atoms. The molecular formula is C16H20N4O3. The molecule has 1 aromatic carbocycles. The normalized spacial score (nSPS) is 11.2. The number of aromatic nitrogens is 3. The van der Waals surface area contributed by atoms with Crippen LogP contribution >= 0.6 is 0 Å². The fraction of sp³-hybridized carbons (Fsp3) is 0.375. The highest BCUT2D eigenvalue weighted by Crippen LogP contribution is 2.21. The molecular weight excluding hydrogens is 296 g/mol. The van der Waals surface area contributed by atoms with Gasteiger partial charge in [-0.2, -0.15) is 0 Å². The maximum absolute atomic E-state index is 12.4. The zero-order valence-corrected chi connectivity index (χ0v) is 13.2. The van der Waals surface area contributed by atoms with Gasteiger partial charge in [-0.25, -0.2) is 0 Å². The van der Waals surface area contributed by atoms with Gasteiger partial charge < -0.3 is 10.4 Å². The first-order valence-corrected chi connectivity index (χ1v) is 7.49. The first kappa shape index (κ1) is 16.7. The molecule has 0 fully saturated rings. The van der Waals surface area contributed by atoms with E-state index in [9.17, 15) is 9.59 Å². The third-order valence-electron chi connectivity index (χ3n) is 4.07. The van der Waals surface area contributed by atoms with Gasteiger partial charge in [0.15, 0.2) is 0 Å². The van der Waals surface area contributed by atoms with Gasteiger partial charge in [0.25, 0.3) is 5.91 Å². The summed E-state index contributed by atoms with van der Waals surface area (Å²) in [6, 6.07) is 6.97. The average molecular weight is 316 g/mol. The fourth-order valence-electron chi connectivity index (χ4n) is 2.44. The largest absolute Gasteiger partial charge is 0.481 e. The van der Waals surface area contributed by atoms with E-state index in [0.717, 1.165) is 5.69 Å². The maximum Gasteiger partial charge on any atom is 0.305 e. The van der Waals surface area contributed by atoms with Crippen molar-refractivity contribution in [2.45, 2.75) is 38.6 Å². The number of carboxylic acid groups (broad SMARTS) is 1. The van der Waals surface area contributed by atoms with Crippen LogP contribution in [-0.2, 0) is 4.79 Å². The van der Waals surface area contributed by atoms with Crippen molar-refractivity contribution < 1.29 is 14.7 Å². The summed E-state index contributed by atoms with van der Waals surface area (Å²) in [4.78, 5) is 23.5. The van der Waals surface area contributed by atoms with Crippen LogP contribution in [0.4, 0.5) is 0 Å². The highest BCUT2D eigenvalue weighted by Gasteiger charge is 2.31. The summed E-state index contributed by atoms with van der Waals surface area (Å²) >= 11 is 0. The third kappa shape index (κ3) is 3.94. The van der Waals surface area contributed by atoms with Crippen molar-refractivity contribution in [3.8, 4) is 5.69 Å². The Hall–Kier alpha value is -2.70. The Balaban J connectivity index is 2.14. The van der Waals surface area contributed by atoms with E-state index in [2.05, 4.69) is 15.5 Å². The van der Waals surface area contributed by atoms with Crippen LogP contribution in [0.25, 0.3) is 5.69 Å². The van der Waals surface area contributed by atoms with E-state index in [1.54, 1.807) is 41.5 Å². The Labute approximate surface area is 134 Å². The zero-order chi connectivity index (χ0) is 16.9. The van der Waals surface area contributed by atoms with Gasteiger partial charge >= 0.3 is 5.97 Å². The van der Waals surface area contributed by atoms with Gasteiger partial charge in [-0.1, -0.05) is 13.8 Å². The van der Waals surface area contributed by atoms with Crippen molar-refractivity contribution in [2.75, 3.05) is 0 Å². The number of rotatable bonds is 7. The number of amides is 1. The smallest absolute Gasteiger partial charge is 0.305 e. The quantitative estimate of drug-likeness (QED) is 0.814. The molecule has 2 aromatic rings. The molecule has 23 heavy (non-hydrogen) atoms. The van der Waals surface area contributed by atoms with Crippen LogP contribution in [0.2, 0.25) is 0 Å². The SMILES string of the molecule is CCC(CC)(CC(=O)O)NC(=O)c1ccc(-n2cnnc2)cc1. The molecule has 0 unspecified atom stereocenters. The molecule has 1 amide bonds. The molecule has 122 valence electrons. The number of nitrogens with zero attached hydrogens (tertiary/aromatic N) is 3. The predicted octanol–water partition coefficient (Wildman–Crippen LogP) is 2.03. The summed E-state index contributed by atoms with van der Waals surface area (Å²) in [5, 5.41) is 19.4. The summed E-state index contributed by atoms with van der Waals surface area (Å²) in [5.74, 6) is -1.19. The van der Waals surface area contributed by atoms with E-state index in [0.29, 0.717) is 18.4 Å². The van der Waals surface area contributed by atoms with Crippen LogP contribution in [0.15, 0.2) is 36.9 Å². The lowest BCUT2D eigenvalue weighted by Gasteiger charge is -2.31.